The summed E-state index contributed by atoms with van der Waals surface area (Å²) in [6.07, 6.45) is 0. The van der Waals surface area contributed by atoms with Gasteiger partial charge >= 0.3 is 6.61 Å². The normalized spacial score (nSPS) is 10.4. The fourth-order valence-electron chi connectivity index (χ4n) is 2.02. The van der Waals surface area contributed by atoms with Crippen molar-refractivity contribution in [2.45, 2.75) is 13.5 Å². The molecule has 1 amide bonds. The Morgan fingerprint density at radius 2 is 1.83 bits per heavy atom. The highest BCUT2D eigenvalue weighted by atomic mass is 19.3. The van der Waals surface area contributed by atoms with Crippen LogP contribution >= 0.6 is 0 Å². The van der Waals surface area contributed by atoms with E-state index in [1.807, 2.05) is 6.92 Å². The number of amides is 1. The molecular weight excluding hydrogens is 320 g/mol. The van der Waals surface area contributed by atoms with Gasteiger partial charge in [0.05, 0.1) is 13.7 Å². The van der Waals surface area contributed by atoms with E-state index in [4.69, 9.17) is 9.47 Å². The summed E-state index contributed by atoms with van der Waals surface area (Å²) < 4.78 is 39.5. The minimum Gasteiger partial charge on any atom is -0.494 e. The molecule has 2 aromatic rings. The number of anilines is 1. The maximum atomic E-state index is 12.4. The van der Waals surface area contributed by atoms with E-state index in [0.29, 0.717) is 23.6 Å². The van der Waals surface area contributed by atoms with Crippen LogP contribution in [0.3, 0.4) is 0 Å². The zero-order valence-corrected chi connectivity index (χ0v) is 13.2. The van der Waals surface area contributed by atoms with Crippen LogP contribution in [0.5, 0.6) is 17.2 Å². The monoisotopic (exact) mass is 337 g/mol. The molecule has 0 saturated heterocycles. The summed E-state index contributed by atoms with van der Waals surface area (Å²) in [7, 11) is 1.34. The van der Waals surface area contributed by atoms with E-state index in [2.05, 4.69) is 10.1 Å². The summed E-state index contributed by atoms with van der Waals surface area (Å²) in [5.74, 6) is 0.267. The number of halogens is 2. The van der Waals surface area contributed by atoms with Gasteiger partial charge in [-0.25, -0.2) is 0 Å². The molecule has 24 heavy (non-hydrogen) atoms. The van der Waals surface area contributed by atoms with Crippen molar-refractivity contribution >= 4 is 11.6 Å². The summed E-state index contributed by atoms with van der Waals surface area (Å²) >= 11 is 0. The zero-order chi connectivity index (χ0) is 17.5. The highest BCUT2D eigenvalue weighted by Gasteiger charge is 2.13. The van der Waals surface area contributed by atoms with Gasteiger partial charge in [0, 0.05) is 17.3 Å². The second-order valence-corrected chi connectivity index (χ2v) is 4.66. The second-order valence-electron chi connectivity index (χ2n) is 4.66. The fourth-order valence-corrected chi connectivity index (χ4v) is 2.02. The predicted molar refractivity (Wildman–Crippen MR) is 85.2 cm³/mol. The third kappa shape index (κ3) is 4.58. The minimum atomic E-state index is -2.99. The lowest BCUT2D eigenvalue weighted by molar-refractivity contribution is -0.0511. The van der Waals surface area contributed by atoms with Gasteiger partial charge in [-0.15, -0.1) is 0 Å². The van der Waals surface area contributed by atoms with Crippen molar-refractivity contribution in [2.75, 3.05) is 19.0 Å². The van der Waals surface area contributed by atoms with Crippen molar-refractivity contribution in [3.8, 4) is 17.2 Å². The number of ether oxygens (including phenoxy) is 3. The molecule has 0 spiro atoms. The highest BCUT2D eigenvalue weighted by molar-refractivity contribution is 6.04. The van der Waals surface area contributed by atoms with Crippen LogP contribution < -0.4 is 19.5 Å². The number of hydrogen-bond donors (Lipinski definition) is 1. The average Bonchev–Trinajstić information content (AvgIpc) is 2.55. The quantitative estimate of drug-likeness (QED) is 0.831. The van der Waals surface area contributed by atoms with Gasteiger partial charge in [0.1, 0.15) is 5.75 Å². The molecule has 2 aromatic carbocycles. The average molecular weight is 337 g/mol. The van der Waals surface area contributed by atoms with Crippen LogP contribution in [-0.4, -0.2) is 26.2 Å². The Balaban J connectivity index is 2.13. The Morgan fingerprint density at radius 1 is 1.12 bits per heavy atom. The maximum absolute atomic E-state index is 12.4. The van der Waals surface area contributed by atoms with Crippen LogP contribution in [0.25, 0.3) is 0 Å². The van der Waals surface area contributed by atoms with Gasteiger partial charge < -0.3 is 19.5 Å². The highest BCUT2D eigenvalue weighted by Crippen LogP contribution is 2.31. The van der Waals surface area contributed by atoms with Gasteiger partial charge in [0.15, 0.2) is 11.5 Å². The lowest BCUT2D eigenvalue weighted by Gasteiger charge is -2.12. The standard InChI is InChI=1S/C17H17F2NO4/c1-3-23-13-7-4-11(5-8-13)16(21)20-12-6-9-14(22-2)15(10-12)24-17(18)19/h4-10,17H,3H2,1-2H3,(H,20,21). The molecule has 0 heterocycles. The van der Waals surface area contributed by atoms with E-state index < -0.39 is 6.61 Å². The molecule has 0 radical (unpaired) electrons. The molecular formula is C17H17F2NO4. The van der Waals surface area contributed by atoms with E-state index in [1.54, 1.807) is 24.3 Å². The zero-order valence-electron chi connectivity index (χ0n) is 13.2. The van der Waals surface area contributed by atoms with E-state index in [1.165, 1.54) is 25.3 Å². The molecule has 0 atom stereocenters. The van der Waals surface area contributed by atoms with Crippen LogP contribution in [0.4, 0.5) is 14.5 Å². The second kappa shape index (κ2) is 8.14. The van der Waals surface area contributed by atoms with Crippen molar-refractivity contribution in [3.05, 3.63) is 48.0 Å². The summed E-state index contributed by atoms with van der Waals surface area (Å²) in [6.45, 7) is -0.593. The molecule has 0 bridgehead atoms. The first-order valence-electron chi connectivity index (χ1n) is 7.20. The maximum Gasteiger partial charge on any atom is 0.387 e. The molecule has 0 aromatic heterocycles. The number of carbonyl (C=O) groups excluding carboxylic acids is 1. The van der Waals surface area contributed by atoms with E-state index in [0.717, 1.165) is 0 Å². The van der Waals surface area contributed by atoms with Gasteiger partial charge in [-0.1, -0.05) is 0 Å². The largest absolute Gasteiger partial charge is 0.494 e. The number of carbonyl (C=O) groups is 1. The first-order valence-corrected chi connectivity index (χ1v) is 7.20. The number of nitrogens with one attached hydrogen (secondary N) is 1. The lowest BCUT2D eigenvalue weighted by Crippen LogP contribution is -2.12. The number of alkyl halides is 2. The molecule has 0 saturated carbocycles. The topological polar surface area (TPSA) is 56.8 Å². The number of benzene rings is 2. The van der Waals surface area contributed by atoms with Gasteiger partial charge in [-0.3, -0.25) is 4.79 Å². The molecule has 128 valence electrons. The van der Waals surface area contributed by atoms with E-state index in [-0.39, 0.29) is 17.4 Å². The van der Waals surface area contributed by atoms with Gasteiger partial charge in [-0.05, 0) is 43.3 Å². The molecule has 0 fully saturated rings. The van der Waals surface area contributed by atoms with Crippen LogP contribution in [0.2, 0.25) is 0 Å². The van der Waals surface area contributed by atoms with Crippen LogP contribution in [0, 0.1) is 0 Å². The van der Waals surface area contributed by atoms with E-state index in [9.17, 15) is 13.6 Å². The van der Waals surface area contributed by atoms with Crippen LogP contribution in [0.15, 0.2) is 42.5 Å². The Morgan fingerprint density at radius 3 is 2.42 bits per heavy atom. The van der Waals surface area contributed by atoms with Crippen molar-refractivity contribution < 1.29 is 27.8 Å². The summed E-state index contributed by atoms with van der Waals surface area (Å²) in [5.41, 5.74) is 0.718. The Labute approximate surface area is 138 Å². The Hall–Kier alpha value is -2.83. The first kappa shape index (κ1) is 17.5. The number of hydrogen-bond acceptors (Lipinski definition) is 4. The van der Waals surface area contributed by atoms with Crippen LogP contribution in [0.1, 0.15) is 17.3 Å². The van der Waals surface area contributed by atoms with Crippen molar-refractivity contribution in [2.24, 2.45) is 0 Å². The molecule has 7 heteroatoms. The molecule has 1 N–H and O–H groups in total. The lowest BCUT2D eigenvalue weighted by atomic mass is 10.2. The fraction of sp³-hybridized carbons (Fsp3) is 0.235. The Bertz CT molecular complexity index is 689. The summed E-state index contributed by atoms with van der Waals surface area (Å²) in [5, 5.41) is 2.61. The van der Waals surface area contributed by atoms with Gasteiger partial charge in [0.2, 0.25) is 0 Å². The number of rotatable bonds is 7. The minimum absolute atomic E-state index is 0.148. The van der Waals surface area contributed by atoms with Gasteiger partial charge in [0.25, 0.3) is 5.91 Å². The first-order chi connectivity index (χ1) is 11.5. The SMILES string of the molecule is CCOc1ccc(C(=O)Nc2ccc(OC)c(OC(F)F)c2)cc1. The molecule has 0 unspecified atom stereocenters. The summed E-state index contributed by atoms with van der Waals surface area (Å²) in [4.78, 5) is 12.2. The van der Waals surface area contributed by atoms with Crippen molar-refractivity contribution in [1.82, 2.24) is 0 Å². The molecule has 0 aliphatic rings. The van der Waals surface area contributed by atoms with Gasteiger partial charge in [-0.2, -0.15) is 8.78 Å². The predicted octanol–water partition coefficient (Wildman–Crippen LogP) is 3.95. The van der Waals surface area contributed by atoms with Crippen LogP contribution in [-0.2, 0) is 0 Å². The van der Waals surface area contributed by atoms with Crippen molar-refractivity contribution in [1.29, 1.82) is 0 Å². The number of methoxy groups -OCH3 is 1. The molecule has 0 aliphatic heterocycles. The summed E-state index contributed by atoms with van der Waals surface area (Å²) in [6, 6.07) is 10.8. The van der Waals surface area contributed by atoms with E-state index >= 15 is 0 Å². The smallest absolute Gasteiger partial charge is 0.387 e. The van der Waals surface area contributed by atoms with Crippen molar-refractivity contribution in [3.63, 3.8) is 0 Å². The third-order valence-corrected chi connectivity index (χ3v) is 3.07. The molecule has 5 nitrogen and oxygen atoms in total. The molecule has 2 rings (SSSR count). The third-order valence-electron chi connectivity index (χ3n) is 3.07. The Kier molecular flexibility index (Phi) is 5.95. The molecule has 0 aliphatic carbocycles.